The molecule has 15 nitrogen and oxygen atoms in total. The molecule has 0 aromatic heterocycles. The predicted octanol–water partition coefficient (Wildman–Crippen LogP) is 6.81. The summed E-state index contributed by atoms with van der Waals surface area (Å²) in [5, 5.41) is 3.06. The van der Waals surface area contributed by atoms with Crippen molar-refractivity contribution in [3.8, 4) is 0 Å². The molecule has 0 aliphatic heterocycles. The molecule has 0 saturated heterocycles. The molecule has 2 aromatic carbocycles. The van der Waals surface area contributed by atoms with Crippen molar-refractivity contribution in [2.75, 3.05) is 164 Å². The molecule has 2 rings (SSSR count). The van der Waals surface area contributed by atoms with Gasteiger partial charge in [0.2, 0.25) is 0 Å². The second kappa shape index (κ2) is 34.6. The van der Waals surface area contributed by atoms with Crippen LogP contribution >= 0.6 is 0 Å². The Morgan fingerprint density at radius 1 is 0.492 bits per heavy atom. The van der Waals surface area contributed by atoms with Crippen LogP contribution in [0.5, 0.6) is 0 Å². The molecule has 0 unspecified atom stereocenters. The Morgan fingerprint density at radius 2 is 0.841 bits per heavy atom. The van der Waals surface area contributed by atoms with E-state index in [0.717, 1.165) is 12.1 Å². The number of carbonyl (C=O) groups is 1. The van der Waals surface area contributed by atoms with E-state index in [0.29, 0.717) is 151 Å². The number of hydrogen-bond acceptors (Lipinski definition) is 15. The number of anilines is 2. The highest BCUT2D eigenvalue weighted by Crippen LogP contribution is 2.36. The number of halogens is 3. The number of nitrogens with one attached hydrogen (secondary N) is 1. The van der Waals surface area contributed by atoms with Crippen LogP contribution in [0.2, 0.25) is 18.1 Å². The predicted molar refractivity (Wildman–Crippen MR) is 234 cm³/mol. The monoisotopic (exact) mass is 923 g/mol. The molecular formula is C44H72F3NO14Si. The van der Waals surface area contributed by atoms with Crippen LogP contribution in [0.4, 0.5) is 24.5 Å². The minimum absolute atomic E-state index is 0.00472. The summed E-state index contributed by atoms with van der Waals surface area (Å²) in [7, 11) is -1.72. The van der Waals surface area contributed by atoms with Crippen LogP contribution in [0.1, 0.15) is 36.7 Å². The highest BCUT2D eigenvalue weighted by molar-refractivity contribution is 6.74. The molecule has 0 bridgehead atoms. The number of carbonyl (C=O) groups excluding carboxylic acids is 1. The van der Waals surface area contributed by atoms with Crippen LogP contribution in [-0.2, 0) is 67.4 Å². The van der Waals surface area contributed by atoms with Crippen molar-refractivity contribution in [1.82, 2.24) is 0 Å². The topological polar surface area (TPSA) is 149 Å². The van der Waals surface area contributed by atoms with Gasteiger partial charge in [0, 0.05) is 5.69 Å². The zero-order valence-corrected chi connectivity index (χ0v) is 38.9. The van der Waals surface area contributed by atoms with Gasteiger partial charge in [-0.15, -0.1) is 0 Å². The molecule has 362 valence electrons. The lowest BCUT2D eigenvalue weighted by molar-refractivity contribution is -0.137. The van der Waals surface area contributed by atoms with Gasteiger partial charge in [0.05, 0.1) is 169 Å². The quantitative estimate of drug-likeness (QED) is 0.0424. The van der Waals surface area contributed by atoms with Crippen molar-refractivity contribution >= 4 is 25.7 Å². The molecule has 1 N–H and O–H groups in total. The summed E-state index contributed by atoms with van der Waals surface area (Å²) in [6.45, 7) is 21.6. The standard InChI is InChI=1S/C44H72F3NO14Si/c1-43(2,3)63(4,5)62-36-34-60-32-30-58-28-26-56-24-22-54-20-18-52-16-14-50-13-15-51-17-19-53-21-23-55-25-27-57-29-31-59-33-35-61-42(49)40-11-6-7-12-41(40)48-39-10-8-9-38(37-39)44(45,46)47/h6-12,37,48H,13-36H2,1-5H3. The third-order valence-corrected chi connectivity index (χ3v) is 13.8. The van der Waals surface area contributed by atoms with Gasteiger partial charge in [-0.25, -0.2) is 4.79 Å². The van der Waals surface area contributed by atoms with Crippen molar-refractivity contribution < 1.29 is 79.2 Å². The highest BCUT2D eigenvalue weighted by atomic mass is 28.4. The first-order valence-corrected chi connectivity index (χ1v) is 24.4. The Kier molecular flexibility index (Phi) is 30.9. The second-order valence-corrected chi connectivity index (χ2v) is 20.0. The lowest BCUT2D eigenvalue weighted by atomic mass is 10.1. The SMILES string of the molecule is CC(C)(C)[Si](C)(C)OCCOCCOCCOCCOCCOCCOCCOCCOCCOCCOCCOCCOC(=O)c1ccccc1Nc1cccc(C(F)(F)F)c1. The van der Waals surface area contributed by atoms with Crippen molar-refractivity contribution in [3.05, 3.63) is 59.7 Å². The first kappa shape index (κ1) is 56.4. The summed E-state index contributed by atoms with van der Waals surface area (Å²) in [6, 6.07) is 11.1. The molecule has 63 heavy (non-hydrogen) atoms. The number of para-hydroxylation sites is 1. The van der Waals surface area contributed by atoms with Crippen LogP contribution in [-0.4, -0.2) is 173 Å². The molecular weight excluding hydrogens is 852 g/mol. The van der Waals surface area contributed by atoms with E-state index in [1.54, 1.807) is 18.2 Å². The van der Waals surface area contributed by atoms with Crippen molar-refractivity contribution in [2.24, 2.45) is 0 Å². The zero-order valence-electron chi connectivity index (χ0n) is 37.9. The van der Waals surface area contributed by atoms with Gasteiger partial charge in [-0.2, -0.15) is 13.2 Å². The Hall–Kier alpha value is -2.76. The zero-order chi connectivity index (χ0) is 45.9. The van der Waals surface area contributed by atoms with Gasteiger partial charge in [0.1, 0.15) is 6.61 Å². The third-order valence-electron chi connectivity index (χ3n) is 9.29. The molecule has 2 aromatic rings. The smallest absolute Gasteiger partial charge is 0.416 e. The number of benzene rings is 2. The van der Waals surface area contributed by atoms with E-state index in [1.165, 1.54) is 18.2 Å². The van der Waals surface area contributed by atoms with Crippen LogP contribution in [0.25, 0.3) is 0 Å². The summed E-state index contributed by atoms with van der Waals surface area (Å²) >= 11 is 0. The Labute approximate surface area is 372 Å². The number of ether oxygens (including phenoxy) is 12. The number of rotatable bonds is 40. The van der Waals surface area contributed by atoms with E-state index in [9.17, 15) is 18.0 Å². The first-order chi connectivity index (χ1) is 30.3. The fourth-order valence-electron chi connectivity index (χ4n) is 4.84. The average molecular weight is 924 g/mol. The van der Waals surface area contributed by atoms with E-state index in [1.807, 2.05) is 0 Å². The fourth-order valence-corrected chi connectivity index (χ4v) is 5.87. The molecule has 0 radical (unpaired) electrons. The molecule has 0 spiro atoms. The summed E-state index contributed by atoms with van der Waals surface area (Å²) in [5.41, 5.74) is -0.0965. The number of esters is 1. The minimum atomic E-state index is -4.48. The van der Waals surface area contributed by atoms with Crippen molar-refractivity contribution in [2.45, 2.75) is 45.1 Å². The Balaban J connectivity index is 1.24. The van der Waals surface area contributed by atoms with Gasteiger partial charge in [-0.3, -0.25) is 0 Å². The normalized spacial score (nSPS) is 12.3. The first-order valence-electron chi connectivity index (χ1n) is 21.5. The van der Waals surface area contributed by atoms with E-state index in [-0.39, 0.29) is 29.5 Å². The molecule has 0 atom stereocenters. The number of alkyl halides is 3. The van der Waals surface area contributed by atoms with Gasteiger partial charge in [-0.1, -0.05) is 39.0 Å². The van der Waals surface area contributed by atoms with Crippen LogP contribution in [0.3, 0.4) is 0 Å². The van der Waals surface area contributed by atoms with Gasteiger partial charge in [0.15, 0.2) is 8.32 Å². The average Bonchev–Trinajstić information content (AvgIpc) is 3.24. The molecule has 0 aliphatic rings. The van der Waals surface area contributed by atoms with Gasteiger partial charge < -0.3 is 66.6 Å². The second-order valence-electron chi connectivity index (χ2n) is 15.2. The molecule has 19 heteroatoms. The highest BCUT2D eigenvalue weighted by Gasteiger charge is 2.37. The largest absolute Gasteiger partial charge is 0.460 e. The summed E-state index contributed by atoms with van der Waals surface area (Å²) in [6.07, 6.45) is -4.48. The number of hydrogen-bond donors (Lipinski definition) is 1. The molecule has 0 saturated carbocycles. The van der Waals surface area contributed by atoms with Gasteiger partial charge in [-0.05, 0) is 48.5 Å². The fraction of sp³-hybridized carbons (Fsp3) is 0.705. The van der Waals surface area contributed by atoms with E-state index in [2.05, 4.69) is 39.2 Å². The summed E-state index contributed by atoms with van der Waals surface area (Å²) < 4.78 is 111. The Morgan fingerprint density at radius 3 is 1.21 bits per heavy atom. The van der Waals surface area contributed by atoms with Gasteiger partial charge in [0.25, 0.3) is 0 Å². The van der Waals surface area contributed by atoms with Crippen LogP contribution < -0.4 is 5.32 Å². The lowest BCUT2D eigenvalue weighted by Crippen LogP contribution is -2.41. The van der Waals surface area contributed by atoms with Crippen molar-refractivity contribution in [3.63, 3.8) is 0 Å². The van der Waals surface area contributed by atoms with E-state index < -0.39 is 26.0 Å². The Bertz CT molecular complexity index is 1440. The van der Waals surface area contributed by atoms with Gasteiger partial charge >= 0.3 is 12.1 Å². The molecule has 0 aliphatic carbocycles. The lowest BCUT2D eigenvalue weighted by Gasteiger charge is -2.36. The maximum Gasteiger partial charge on any atom is 0.416 e. The maximum atomic E-state index is 13.1. The van der Waals surface area contributed by atoms with E-state index >= 15 is 0 Å². The van der Waals surface area contributed by atoms with Crippen LogP contribution in [0, 0.1) is 0 Å². The van der Waals surface area contributed by atoms with Crippen molar-refractivity contribution in [1.29, 1.82) is 0 Å². The van der Waals surface area contributed by atoms with Crippen LogP contribution in [0.15, 0.2) is 48.5 Å². The minimum Gasteiger partial charge on any atom is -0.460 e. The molecule has 0 fully saturated rings. The third kappa shape index (κ3) is 28.7. The summed E-state index contributed by atoms with van der Waals surface area (Å²) in [5.74, 6) is -0.630. The molecule has 0 amide bonds. The maximum absolute atomic E-state index is 13.1. The molecule has 0 heterocycles. The van der Waals surface area contributed by atoms with E-state index in [4.69, 9.17) is 61.3 Å². The summed E-state index contributed by atoms with van der Waals surface area (Å²) in [4.78, 5) is 12.6.